The molecule has 1 rings (SSSR count). The van der Waals surface area contributed by atoms with Crippen molar-refractivity contribution in [2.75, 3.05) is 20.2 Å². The maximum Gasteiger partial charge on any atom is 0.125 e. The molecule has 1 N–H and O–H groups in total. The van der Waals surface area contributed by atoms with Crippen molar-refractivity contribution in [2.45, 2.75) is 13.3 Å². The van der Waals surface area contributed by atoms with Crippen LogP contribution in [-0.4, -0.2) is 25.2 Å². The van der Waals surface area contributed by atoms with Gasteiger partial charge in [0.05, 0.1) is 6.61 Å². The topological polar surface area (TPSA) is 34.1 Å². The maximum absolute atomic E-state index is 5.47. The van der Waals surface area contributed by atoms with E-state index in [0.717, 1.165) is 18.7 Å². The molecule has 0 bridgehead atoms. The number of nitrogens with zero attached hydrogens (tertiary/aromatic N) is 1. The van der Waals surface area contributed by atoms with Gasteiger partial charge in [0.2, 0.25) is 0 Å². The van der Waals surface area contributed by atoms with Crippen molar-refractivity contribution in [3.05, 3.63) is 24.0 Å². The Morgan fingerprint density at radius 3 is 3.08 bits per heavy atom. The number of aromatic nitrogens is 1. The number of ether oxygens (including phenoxy) is 1. The molecule has 3 nitrogen and oxygen atoms in total. The number of hydrogen-bond donors (Lipinski definition) is 1. The first-order valence-electron chi connectivity index (χ1n) is 4.58. The molecule has 13 heavy (non-hydrogen) atoms. The van der Waals surface area contributed by atoms with Crippen LogP contribution in [0.5, 0.6) is 5.75 Å². The molecule has 1 aromatic rings. The molecule has 0 saturated carbocycles. The van der Waals surface area contributed by atoms with E-state index in [2.05, 4.69) is 10.3 Å². The molecule has 1 heterocycles. The molecule has 1 aromatic heterocycles. The molecule has 0 aromatic carbocycles. The highest BCUT2D eigenvalue weighted by atomic mass is 16.5. The van der Waals surface area contributed by atoms with E-state index < -0.39 is 0 Å². The fourth-order valence-electron chi connectivity index (χ4n) is 1.16. The van der Waals surface area contributed by atoms with Crippen LogP contribution in [0.15, 0.2) is 18.5 Å². The van der Waals surface area contributed by atoms with Gasteiger partial charge in [0.1, 0.15) is 5.75 Å². The second-order valence-electron chi connectivity index (χ2n) is 2.77. The quantitative estimate of drug-likeness (QED) is 0.740. The van der Waals surface area contributed by atoms with Crippen LogP contribution in [0, 0.1) is 0 Å². The molecular weight excluding hydrogens is 164 g/mol. The van der Waals surface area contributed by atoms with Gasteiger partial charge in [-0.1, -0.05) is 0 Å². The molecule has 0 amide bonds. The van der Waals surface area contributed by atoms with E-state index >= 15 is 0 Å². The first-order chi connectivity index (χ1) is 6.38. The Bertz CT molecular complexity index is 250. The van der Waals surface area contributed by atoms with E-state index in [0.29, 0.717) is 6.61 Å². The Morgan fingerprint density at radius 2 is 2.38 bits per heavy atom. The van der Waals surface area contributed by atoms with Crippen molar-refractivity contribution in [1.82, 2.24) is 10.3 Å². The minimum Gasteiger partial charge on any atom is -0.493 e. The molecule has 0 fully saturated rings. The first-order valence-corrected chi connectivity index (χ1v) is 4.58. The summed E-state index contributed by atoms with van der Waals surface area (Å²) in [6.07, 6.45) is 4.58. The normalized spacial score (nSPS) is 10.0. The van der Waals surface area contributed by atoms with Gasteiger partial charge in [-0.2, -0.15) is 0 Å². The van der Waals surface area contributed by atoms with Crippen LogP contribution in [0.3, 0.4) is 0 Å². The van der Waals surface area contributed by atoms with Crippen LogP contribution in [-0.2, 0) is 6.42 Å². The Balaban J connectivity index is 2.66. The monoisotopic (exact) mass is 180 g/mol. The minimum absolute atomic E-state index is 0.705. The van der Waals surface area contributed by atoms with E-state index in [1.807, 2.05) is 26.2 Å². The van der Waals surface area contributed by atoms with Gasteiger partial charge in [0.25, 0.3) is 0 Å². The lowest BCUT2D eigenvalue weighted by molar-refractivity contribution is 0.336. The lowest BCUT2D eigenvalue weighted by Crippen LogP contribution is -2.11. The third-order valence-electron chi connectivity index (χ3n) is 1.80. The van der Waals surface area contributed by atoms with Crippen LogP contribution < -0.4 is 10.1 Å². The smallest absolute Gasteiger partial charge is 0.125 e. The van der Waals surface area contributed by atoms with E-state index in [9.17, 15) is 0 Å². The van der Waals surface area contributed by atoms with E-state index in [1.54, 1.807) is 6.20 Å². The van der Waals surface area contributed by atoms with Crippen molar-refractivity contribution >= 4 is 0 Å². The Hall–Kier alpha value is -1.09. The minimum atomic E-state index is 0.705. The Morgan fingerprint density at radius 1 is 1.54 bits per heavy atom. The molecule has 0 radical (unpaired) electrons. The van der Waals surface area contributed by atoms with Crippen molar-refractivity contribution < 1.29 is 4.74 Å². The molecule has 0 unspecified atom stereocenters. The second kappa shape index (κ2) is 5.54. The summed E-state index contributed by atoms with van der Waals surface area (Å²) in [6, 6.07) is 1.91. The highest BCUT2D eigenvalue weighted by Crippen LogP contribution is 2.16. The predicted molar refractivity (Wildman–Crippen MR) is 53.0 cm³/mol. The zero-order valence-corrected chi connectivity index (χ0v) is 8.21. The van der Waals surface area contributed by atoms with Gasteiger partial charge in [-0.3, -0.25) is 4.98 Å². The van der Waals surface area contributed by atoms with Crippen LogP contribution in [0.2, 0.25) is 0 Å². The molecule has 0 saturated heterocycles. The predicted octanol–water partition coefficient (Wildman–Crippen LogP) is 1.24. The molecule has 0 aliphatic heterocycles. The summed E-state index contributed by atoms with van der Waals surface area (Å²) < 4.78 is 5.47. The lowest BCUT2D eigenvalue weighted by Gasteiger charge is -2.08. The van der Waals surface area contributed by atoms with Gasteiger partial charge in [-0.15, -0.1) is 0 Å². The summed E-state index contributed by atoms with van der Waals surface area (Å²) in [5.74, 6) is 0.952. The van der Waals surface area contributed by atoms with Gasteiger partial charge in [0, 0.05) is 18.0 Å². The van der Waals surface area contributed by atoms with Gasteiger partial charge < -0.3 is 10.1 Å². The first kappa shape index (κ1) is 9.99. The fraction of sp³-hybridized carbons (Fsp3) is 0.500. The zero-order chi connectivity index (χ0) is 9.52. The Kier molecular flexibility index (Phi) is 4.26. The van der Waals surface area contributed by atoms with Crippen molar-refractivity contribution in [3.8, 4) is 5.75 Å². The van der Waals surface area contributed by atoms with Crippen LogP contribution in [0.4, 0.5) is 0 Å². The largest absolute Gasteiger partial charge is 0.493 e. The maximum atomic E-state index is 5.47. The van der Waals surface area contributed by atoms with E-state index in [4.69, 9.17) is 4.74 Å². The highest BCUT2D eigenvalue weighted by molar-refractivity contribution is 5.30. The number of nitrogens with one attached hydrogen (secondary N) is 1. The van der Waals surface area contributed by atoms with Gasteiger partial charge >= 0.3 is 0 Å². The average molecular weight is 180 g/mol. The zero-order valence-electron chi connectivity index (χ0n) is 8.21. The standard InChI is InChI=1S/C10H16N2O/c1-3-13-10-5-7-12-8-9(10)4-6-11-2/h5,7-8,11H,3-4,6H2,1-2H3. The molecule has 0 spiro atoms. The van der Waals surface area contributed by atoms with E-state index in [1.165, 1.54) is 5.56 Å². The summed E-state index contributed by atoms with van der Waals surface area (Å²) in [5.41, 5.74) is 1.17. The van der Waals surface area contributed by atoms with Crippen molar-refractivity contribution in [3.63, 3.8) is 0 Å². The van der Waals surface area contributed by atoms with E-state index in [-0.39, 0.29) is 0 Å². The van der Waals surface area contributed by atoms with Crippen molar-refractivity contribution in [2.24, 2.45) is 0 Å². The van der Waals surface area contributed by atoms with Crippen LogP contribution in [0.25, 0.3) is 0 Å². The molecule has 0 aliphatic rings. The molecule has 0 aliphatic carbocycles. The summed E-state index contributed by atoms with van der Waals surface area (Å²) >= 11 is 0. The van der Waals surface area contributed by atoms with Gasteiger partial charge in [0.15, 0.2) is 0 Å². The summed E-state index contributed by atoms with van der Waals surface area (Å²) in [7, 11) is 1.94. The van der Waals surface area contributed by atoms with Gasteiger partial charge in [-0.05, 0) is 33.0 Å². The van der Waals surface area contributed by atoms with Crippen LogP contribution in [0.1, 0.15) is 12.5 Å². The highest BCUT2D eigenvalue weighted by Gasteiger charge is 2.01. The summed E-state index contributed by atoms with van der Waals surface area (Å²) in [5, 5.41) is 3.10. The third-order valence-corrected chi connectivity index (χ3v) is 1.80. The second-order valence-corrected chi connectivity index (χ2v) is 2.77. The SMILES string of the molecule is CCOc1ccncc1CCNC. The fourth-order valence-corrected chi connectivity index (χ4v) is 1.16. The molecule has 72 valence electrons. The number of pyridine rings is 1. The number of likely N-dealkylation sites (N-methyl/N-ethyl adjacent to an activating group) is 1. The average Bonchev–Trinajstić information content (AvgIpc) is 2.17. The Labute approximate surface area is 79.1 Å². The molecule has 0 atom stereocenters. The summed E-state index contributed by atoms with van der Waals surface area (Å²) in [4.78, 5) is 4.07. The number of rotatable bonds is 5. The third kappa shape index (κ3) is 3.03. The summed E-state index contributed by atoms with van der Waals surface area (Å²) in [6.45, 7) is 3.64. The van der Waals surface area contributed by atoms with Gasteiger partial charge in [-0.25, -0.2) is 0 Å². The molecular formula is C10H16N2O. The lowest BCUT2D eigenvalue weighted by atomic mass is 10.2. The molecule has 3 heteroatoms. The van der Waals surface area contributed by atoms with Crippen molar-refractivity contribution in [1.29, 1.82) is 0 Å². The van der Waals surface area contributed by atoms with Crippen LogP contribution >= 0.6 is 0 Å². The number of hydrogen-bond acceptors (Lipinski definition) is 3.